The van der Waals surface area contributed by atoms with Crippen LogP contribution in [0.2, 0.25) is 0 Å². The normalized spacial score (nSPS) is 17.5. The van der Waals surface area contributed by atoms with E-state index in [1.165, 1.54) is 12.8 Å². The molecule has 1 saturated carbocycles. The van der Waals surface area contributed by atoms with Crippen molar-refractivity contribution in [3.05, 3.63) is 11.7 Å². The Morgan fingerprint density at radius 1 is 1.50 bits per heavy atom. The highest BCUT2D eigenvalue weighted by atomic mass is 16.5. The molecule has 0 amide bonds. The molecule has 1 aromatic heterocycles. The first-order valence-corrected chi connectivity index (χ1v) is 5.07. The van der Waals surface area contributed by atoms with Crippen LogP contribution in [-0.2, 0) is 11.2 Å². The van der Waals surface area contributed by atoms with E-state index >= 15 is 0 Å². The quantitative estimate of drug-likeness (QED) is 0.734. The van der Waals surface area contributed by atoms with Crippen molar-refractivity contribution < 1.29 is 9.32 Å². The van der Waals surface area contributed by atoms with Crippen LogP contribution >= 0.6 is 0 Å². The molecule has 1 heterocycles. The second kappa shape index (κ2) is 3.90. The summed E-state index contributed by atoms with van der Waals surface area (Å²) in [5.74, 6) is 1.55. The second-order valence-corrected chi connectivity index (χ2v) is 3.86. The number of aromatic nitrogens is 2. The number of carbonyl (C=O) groups is 1. The molecule has 4 heteroatoms. The van der Waals surface area contributed by atoms with Crippen LogP contribution in [0.15, 0.2) is 4.52 Å². The van der Waals surface area contributed by atoms with E-state index in [0.717, 1.165) is 12.8 Å². The van der Waals surface area contributed by atoms with Crippen LogP contribution in [0.25, 0.3) is 0 Å². The maximum absolute atomic E-state index is 11.7. The Kier molecular flexibility index (Phi) is 2.61. The molecule has 0 aromatic carbocycles. The monoisotopic (exact) mass is 194 g/mol. The van der Waals surface area contributed by atoms with Crippen molar-refractivity contribution in [1.82, 2.24) is 10.1 Å². The Labute approximate surface area is 82.7 Å². The summed E-state index contributed by atoms with van der Waals surface area (Å²) in [6.45, 7) is 1.76. The van der Waals surface area contributed by atoms with E-state index < -0.39 is 0 Å². The zero-order valence-electron chi connectivity index (χ0n) is 8.32. The first-order valence-electron chi connectivity index (χ1n) is 5.07. The van der Waals surface area contributed by atoms with Crippen LogP contribution in [0.3, 0.4) is 0 Å². The molecule has 0 bridgehead atoms. The van der Waals surface area contributed by atoms with Crippen molar-refractivity contribution in [2.45, 2.75) is 39.0 Å². The standard InChI is InChI=1S/C10H14N2O2/c1-7-11-10(14-12-7)6-9(13)8-4-2-3-5-8/h8H,2-6H2,1H3. The Morgan fingerprint density at radius 2 is 2.21 bits per heavy atom. The van der Waals surface area contributed by atoms with Crippen molar-refractivity contribution >= 4 is 5.78 Å². The Bertz CT molecular complexity index is 327. The predicted molar refractivity (Wildman–Crippen MR) is 49.7 cm³/mol. The summed E-state index contributed by atoms with van der Waals surface area (Å²) in [5.41, 5.74) is 0. The minimum Gasteiger partial charge on any atom is -0.339 e. The van der Waals surface area contributed by atoms with Gasteiger partial charge in [0.2, 0.25) is 5.89 Å². The Morgan fingerprint density at radius 3 is 2.79 bits per heavy atom. The largest absolute Gasteiger partial charge is 0.339 e. The van der Waals surface area contributed by atoms with Crippen LogP contribution < -0.4 is 0 Å². The van der Waals surface area contributed by atoms with Crippen LogP contribution in [-0.4, -0.2) is 15.9 Å². The molecule has 0 aliphatic heterocycles. The molecule has 1 aromatic rings. The smallest absolute Gasteiger partial charge is 0.234 e. The lowest BCUT2D eigenvalue weighted by Gasteiger charge is -2.03. The highest BCUT2D eigenvalue weighted by Gasteiger charge is 2.24. The summed E-state index contributed by atoms with van der Waals surface area (Å²) in [5, 5.41) is 3.66. The van der Waals surface area contributed by atoms with E-state index in [9.17, 15) is 4.79 Å². The number of Topliss-reactive ketones (excluding diaryl/α,β-unsaturated/α-hetero) is 1. The van der Waals surface area contributed by atoms with Crippen molar-refractivity contribution in [3.63, 3.8) is 0 Å². The van der Waals surface area contributed by atoms with Gasteiger partial charge in [-0.25, -0.2) is 0 Å². The van der Waals surface area contributed by atoms with E-state index in [1.54, 1.807) is 6.92 Å². The molecule has 1 aliphatic carbocycles. The number of carbonyl (C=O) groups excluding carboxylic acids is 1. The van der Waals surface area contributed by atoms with Crippen molar-refractivity contribution in [1.29, 1.82) is 0 Å². The summed E-state index contributed by atoms with van der Waals surface area (Å²) in [6.07, 6.45) is 4.74. The summed E-state index contributed by atoms with van der Waals surface area (Å²) in [6, 6.07) is 0. The summed E-state index contributed by atoms with van der Waals surface area (Å²) >= 11 is 0. The minimum atomic E-state index is 0.238. The highest BCUT2D eigenvalue weighted by molar-refractivity contribution is 5.82. The Balaban J connectivity index is 1.93. The fourth-order valence-electron chi connectivity index (χ4n) is 1.95. The molecular formula is C10H14N2O2. The lowest BCUT2D eigenvalue weighted by molar-refractivity contribution is -0.122. The average Bonchev–Trinajstić information content (AvgIpc) is 2.75. The van der Waals surface area contributed by atoms with E-state index in [-0.39, 0.29) is 11.7 Å². The number of hydrogen-bond acceptors (Lipinski definition) is 4. The number of ketones is 1. The van der Waals surface area contributed by atoms with Crippen LogP contribution in [0, 0.1) is 12.8 Å². The molecule has 76 valence electrons. The third-order valence-corrected chi connectivity index (χ3v) is 2.71. The highest BCUT2D eigenvalue weighted by Crippen LogP contribution is 2.26. The van der Waals surface area contributed by atoms with Gasteiger partial charge in [0.1, 0.15) is 5.78 Å². The topological polar surface area (TPSA) is 56.0 Å². The number of aryl methyl sites for hydroxylation is 1. The summed E-state index contributed by atoms with van der Waals surface area (Å²) in [4.78, 5) is 15.7. The van der Waals surface area contributed by atoms with Gasteiger partial charge in [-0.3, -0.25) is 4.79 Å². The van der Waals surface area contributed by atoms with Crippen LogP contribution in [0.5, 0.6) is 0 Å². The molecule has 0 atom stereocenters. The van der Waals surface area contributed by atoms with Gasteiger partial charge in [-0.15, -0.1) is 0 Å². The average molecular weight is 194 g/mol. The number of nitrogens with zero attached hydrogens (tertiary/aromatic N) is 2. The molecule has 14 heavy (non-hydrogen) atoms. The predicted octanol–water partition coefficient (Wildman–Crippen LogP) is 1.68. The lowest BCUT2D eigenvalue weighted by Crippen LogP contribution is -2.13. The maximum Gasteiger partial charge on any atom is 0.234 e. The molecule has 1 fully saturated rings. The molecular weight excluding hydrogens is 180 g/mol. The van der Waals surface area contributed by atoms with Crippen molar-refractivity contribution in [3.8, 4) is 0 Å². The third kappa shape index (κ3) is 2.00. The molecule has 0 radical (unpaired) electrons. The van der Waals surface area contributed by atoms with Gasteiger partial charge in [-0.05, 0) is 19.8 Å². The van der Waals surface area contributed by atoms with E-state index in [2.05, 4.69) is 10.1 Å². The van der Waals surface area contributed by atoms with Crippen molar-refractivity contribution in [2.75, 3.05) is 0 Å². The minimum absolute atomic E-state index is 0.238. The van der Waals surface area contributed by atoms with Gasteiger partial charge >= 0.3 is 0 Å². The van der Waals surface area contributed by atoms with Crippen LogP contribution in [0.4, 0.5) is 0 Å². The van der Waals surface area contributed by atoms with Gasteiger partial charge in [0, 0.05) is 5.92 Å². The first-order chi connectivity index (χ1) is 6.75. The van der Waals surface area contributed by atoms with Gasteiger partial charge in [0.25, 0.3) is 0 Å². The number of hydrogen-bond donors (Lipinski definition) is 0. The molecule has 4 nitrogen and oxygen atoms in total. The van der Waals surface area contributed by atoms with E-state index in [1.807, 2.05) is 0 Å². The van der Waals surface area contributed by atoms with Gasteiger partial charge in [-0.1, -0.05) is 18.0 Å². The second-order valence-electron chi connectivity index (χ2n) is 3.86. The lowest BCUT2D eigenvalue weighted by atomic mass is 10.0. The zero-order valence-corrected chi connectivity index (χ0v) is 8.32. The summed E-state index contributed by atoms with van der Waals surface area (Å²) < 4.78 is 4.91. The molecule has 0 spiro atoms. The SMILES string of the molecule is Cc1noc(CC(=O)C2CCCC2)n1. The molecule has 1 aliphatic rings. The third-order valence-electron chi connectivity index (χ3n) is 2.71. The first kappa shape index (κ1) is 9.37. The van der Waals surface area contributed by atoms with Gasteiger partial charge < -0.3 is 4.52 Å². The van der Waals surface area contributed by atoms with E-state index in [0.29, 0.717) is 18.1 Å². The molecule has 0 unspecified atom stereocenters. The Hall–Kier alpha value is -1.19. The van der Waals surface area contributed by atoms with E-state index in [4.69, 9.17) is 4.52 Å². The molecule has 0 saturated heterocycles. The fourth-order valence-corrected chi connectivity index (χ4v) is 1.95. The van der Waals surface area contributed by atoms with Gasteiger partial charge in [-0.2, -0.15) is 4.98 Å². The maximum atomic E-state index is 11.7. The van der Waals surface area contributed by atoms with Crippen molar-refractivity contribution in [2.24, 2.45) is 5.92 Å². The molecule has 0 N–H and O–H groups in total. The van der Waals surface area contributed by atoms with Gasteiger partial charge in [0.15, 0.2) is 5.82 Å². The summed E-state index contributed by atoms with van der Waals surface area (Å²) in [7, 11) is 0. The van der Waals surface area contributed by atoms with Crippen LogP contribution in [0.1, 0.15) is 37.4 Å². The molecule has 2 rings (SSSR count). The number of rotatable bonds is 3. The fraction of sp³-hybridized carbons (Fsp3) is 0.700. The van der Waals surface area contributed by atoms with Gasteiger partial charge in [0.05, 0.1) is 6.42 Å². The zero-order chi connectivity index (χ0) is 9.97.